The SMILES string of the molecule is COC(=O)C(C#N)(Cc1ccccc1)C(CC#N)c1ccccc1. The van der Waals surface area contributed by atoms with Gasteiger partial charge in [-0.15, -0.1) is 0 Å². The molecule has 2 rings (SSSR count). The van der Waals surface area contributed by atoms with E-state index in [2.05, 4.69) is 12.1 Å². The summed E-state index contributed by atoms with van der Waals surface area (Å²) in [4.78, 5) is 12.6. The second-order valence-corrected chi connectivity index (χ2v) is 5.56. The molecule has 0 saturated carbocycles. The van der Waals surface area contributed by atoms with Gasteiger partial charge in [0.2, 0.25) is 0 Å². The van der Waals surface area contributed by atoms with Crippen molar-refractivity contribution in [2.45, 2.75) is 18.8 Å². The van der Waals surface area contributed by atoms with Crippen LogP contribution >= 0.6 is 0 Å². The fraction of sp³-hybridized carbons (Fsp3) is 0.250. The highest BCUT2D eigenvalue weighted by Gasteiger charge is 2.48. The quantitative estimate of drug-likeness (QED) is 0.763. The van der Waals surface area contributed by atoms with Gasteiger partial charge in [0.05, 0.1) is 19.2 Å². The maximum atomic E-state index is 12.6. The number of nitrogens with zero attached hydrogens (tertiary/aromatic N) is 2. The third-order valence-electron chi connectivity index (χ3n) is 4.17. The summed E-state index contributed by atoms with van der Waals surface area (Å²) < 4.78 is 4.96. The number of carbonyl (C=O) groups is 1. The molecule has 0 radical (unpaired) electrons. The Morgan fingerprint density at radius 1 is 1.08 bits per heavy atom. The molecular weight excluding hydrogens is 300 g/mol. The molecule has 0 saturated heterocycles. The van der Waals surface area contributed by atoms with Gasteiger partial charge >= 0.3 is 5.97 Å². The molecular formula is C20H18N2O2. The van der Waals surface area contributed by atoms with Crippen molar-refractivity contribution < 1.29 is 9.53 Å². The first-order valence-corrected chi connectivity index (χ1v) is 7.63. The lowest BCUT2D eigenvalue weighted by Crippen LogP contribution is -2.39. The standard InChI is InChI=1S/C20H18N2O2/c1-24-19(23)20(15-22,14-16-8-4-2-5-9-16)18(12-13-21)17-10-6-3-7-11-17/h2-11,18H,12,14H2,1H3. The number of hydrogen-bond acceptors (Lipinski definition) is 4. The summed E-state index contributed by atoms with van der Waals surface area (Å²) in [6.45, 7) is 0. The zero-order valence-corrected chi connectivity index (χ0v) is 13.5. The lowest BCUT2D eigenvalue weighted by molar-refractivity contribution is -0.150. The third-order valence-corrected chi connectivity index (χ3v) is 4.17. The Morgan fingerprint density at radius 3 is 2.17 bits per heavy atom. The van der Waals surface area contributed by atoms with Crippen LogP contribution in [0.4, 0.5) is 0 Å². The Kier molecular flexibility index (Phi) is 5.71. The third kappa shape index (κ3) is 3.45. The molecule has 0 heterocycles. The molecule has 2 unspecified atom stereocenters. The molecule has 24 heavy (non-hydrogen) atoms. The van der Waals surface area contributed by atoms with Crippen LogP contribution in [0.1, 0.15) is 23.5 Å². The van der Waals surface area contributed by atoms with Crippen LogP contribution in [-0.2, 0) is 16.0 Å². The number of methoxy groups -OCH3 is 1. The van der Waals surface area contributed by atoms with Crippen LogP contribution < -0.4 is 0 Å². The van der Waals surface area contributed by atoms with Crippen molar-refractivity contribution >= 4 is 5.97 Å². The van der Waals surface area contributed by atoms with Gasteiger partial charge < -0.3 is 4.74 Å². The maximum Gasteiger partial charge on any atom is 0.327 e. The van der Waals surface area contributed by atoms with Crippen LogP contribution in [0.3, 0.4) is 0 Å². The zero-order valence-electron chi connectivity index (χ0n) is 13.5. The van der Waals surface area contributed by atoms with Crippen molar-refractivity contribution in [1.82, 2.24) is 0 Å². The van der Waals surface area contributed by atoms with Crippen molar-refractivity contribution in [1.29, 1.82) is 10.5 Å². The number of hydrogen-bond donors (Lipinski definition) is 0. The molecule has 120 valence electrons. The van der Waals surface area contributed by atoms with Gasteiger partial charge in [-0.3, -0.25) is 4.79 Å². The van der Waals surface area contributed by atoms with Crippen molar-refractivity contribution in [2.24, 2.45) is 5.41 Å². The van der Waals surface area contributed by atoms with E-state index in [-0.39, 0.29) is 12.8 Å². The second kappa shape index (κ2) is 7.94. The van der Waals surface area contributed by atoms with Crippen molar-refractivity contribution in [3.63, 3.8) is 0 Å². The van der Waals surface area contributed by atoms with Crippen LogP contribution in [0.5, 0.6) is 0 Å². The number of ether oxygens (including phenoxy) is 1. The van der Waals surface area contributed by atoms with Crippen LogP contribution in [0, 0.1) is 28.1 Å². The maximum absolute atomic E-state index is 12.6. The highest BCUT2D eigenvalue weighted by molar-refractivity contribution is 5.82. The summed E-state index contributed by atoms with van der Waals surface area (Å²) in [6.07, 6.45) is 0.248. The number of carbonyl (C=O) groups excluding carboxylic acids is 1. The summed E-state index contributed by atoms with van der Waals surface area (Å²) in [5.41, 5.74) is 0.179. The minimum atomic E-state index is -1.45. The van der Waals surface area contributed by atoms with Crippen molar-refractivity contribution in [3.05, 3.63) is 71.8 Å². The smallest absolute Gasteiger partial charge is 0.327 e. The van der Waals surface area contributed by atoms with Crippen LogP contribution in [-0.4, -0.2) is 13.1 Å². The summed E-state index contributed by atoms with van der Waals surface area (Å²) in [5.74, 6) is -1.18. The first kappa shape index (κ1) is 17.2. The fourth-order valence-electron chi connectivity index (χ4n) is 2.95. The lowest BCUT2D eigenvalue weighted by Gasteiger charge is -2.31. The molecule has 0 N–H and O–H groups in total. The van der Waals surface area contributed by atoms with E-state index in [0.29, 0.717) is 0 Å². The molecule has 2 aromatic rings. The van der Waals surface area contributed by atoms with E-state index in [9.17, 15) is 15.3 Å². The Balaban J connectivity index is 2.56. The molecule has 0 fully saturated rings. The van der Waals surface area contributed by atoms with Crippen LogP contribution in [0.2, 0.25) is 0 Å². The van der Waals surface area contributed by atoms with E-state index in [0.717, 1.165) is 11.1 Å². The second-order valence-electron chi connectivity index (χ2n) is 5.56. The first-order chi connectivity index (χ1) is 11.7. The summed E-state index contributed by atoms with van der Waals surface area (Å²) in [5, 5.41) is 19.2. The average Bonchev–Trinajstić information content (AvgIpc) is 2.65. The Bertz CT molecular complexity index is 760. The van der Waals surface area contributed by atoms with Gasteiger partial charge in [0.15, 0.2) is 5.41 Å². The van der Waals surface area contributed by atoms with Gasteiger partial charge in [-0.2, -0.15) is 10.5 Å². The number of rotatable bonds is 6. The molecule has 2 aromatic carbocycles. The molecule has 4 heteroatoms. The van der Waals surface area contributed by atoms with Gasteiger partial charge in [0.1, 0.15) is 0 Å². The van der Waals surface area contributed by atoms with Crippen LogP contribution in [0.25, 0.3) is 0 Å². The minimum Gasteiger partial charge on any atom is -0.468 e. The average molecular weight is 318 g/mol. The molecule has 0 aliphatic rings. The molecule has 0 amide bonds. The minimum absolute atomic E-state index is 0.0551. The summed E-state index contributed by atoms with van der Waals surface area (Å²) >= 11 is 0. The molecule has 0 aromatic heterocycles. The Labute approximate surface area is 141 Å². The summed E-state index contributed by atoms with van der Waals surface area (Å²) in [7, 11) is 1.27. The highest BCUT2D eigenvalue weighted by atomic mass is 16.5. The first-order valence-electron chi connectivity index (χ1n) is 7.63. The Hall–Kier alpha value is -3.11. The molecule has 0 aliphatic carbocycles. The zero-order chi connectivity index (χ0) is 17.4. The van der Waals surface area contributed by atoms with Crippen LogP contribution in [0.15, 0.2) is 60.7 Å². The molecule has 0 bridgehead atoms. The van der Waals surface area contributed by atoms with Gasteiger partial charge in [0.25, 0.3) is 0 Å². The van der Waals surface area contributed by atoms with Gasteiger partial charge in [0, 0.05) is 18.8 Å². The Morgan fingerprint density at radius 2 is 1.67 bits per heavy atom. The molecule has 0 aliphatic heterocycles. The summed E-state index contributed by atoms with van der Waals surface area (Å²) in [6, 6.07) is 22.8. The largest absolute Gasteiger partial charge is 0.468 e. The van der Waals surface area contributed by atoms with Crippen molar-refractivity contribution in [3.8, 4) is 12.1 Å². The number of nitriles is 2. The van der Waals surface area contributed by atoms with E-state index in [1.165, 1.54) is 7.11 Å². The van der Waals surface area contributed by atoms with E-state index < -0.39 is 17.3 Å². The lowest BCUT2D eigenvalue weighted by atomic mass is 9.68. The molecule has 2 atom stereocenters. The van der Waals surface area contributed by atoms with E-state index in [1.807, 2.05) is 60.7 Å². The number of esters is 1. The monoisotopic (exact) mass is 318 g/mol. The normalized spacial score (nSPS) is 13.8. The predicted molar refractivity (Wildman–Crippen MR) is 89.6 cm³/mol. The van der Waals surface area contributed by atoms with E-state index in [1.54, 1.807) is 0 Å². The van der Waals surface area contributed by atoms with E-state index >= 15 is 0 Å². The molecule has 4 nitrogen and oxygen atoms in total. The van der Waals surface area contributed by atoms with Gasteiger partial charge in [-0.25, -0.2) is 0 Å². The van der Waals surface area contributed by atoms with Crippen molar-refractivity contribution in [2.75, 3.05) is 7.11 Å². The highest BCUT2D eigenvalue weighted by Crippen LogP contribution is 2.42. The predicted octanol–water partition coefficient (Wildman–Crippen LogP) is 3.61. The van der Waals surface area contributed by atoms with E-state index in [4.69, 9.17) is 4.74 Å². The topological polar surface area (TPSA) is 73.9 Å². The molecule has 0 spiro atoms. The fourth-order valence-corrected chi connectivity index (χ4v) is 2.95. The van der Waals surface area contributed by atoms with Gasteiger partial charge in [-0.1, -0.05) is 60.7 Å². The number of benzene rings is 2. The van der Waals surface area contributed by atoms with Gasteiger partial charge in [-0.05, 0) is 11.1 Å².